The molecule has 0 radical (unpaired) electrons. The molecule has 2 N–H and O–H groups in total. The van der Waals surface area contributed by atoms with Crippen LogP contribution in [0.4, 0.5) is 0 Å². The lowest BCUT2D eigenvalue weighted by molar-refractivity contribution is 0.0531. The van der Waals surface area contributed by atoms with E-state index in [9.17, 15) is 4.79 Å². The molecule has 5 nitrogen and oxygen atoms in total. The summed E-state index contributed by atoms with van der Waals surface area (Å²) in [5.41, 5.74) is 6.00. The molecule has 0 amide bonds. The minimum atomic E-state index is -0.464. The predicted molar refractivity (Wildman–Crippen MR) is 73.9 cm³/mol. The number of thiazole rings is 1. The van der Waals surface area contributed by atoms with E-state index in [1.54, 1.807) is 13.0 Å². The van der Waals surface area contributed by atoms with Gasteiger partial charge in [0.25, 0.3) is 0 Å². The molecule has 0 unspecified atom stereocenters. The Hall–Kier alpha value is -1.66. The molecule has 7 heteroatoms. The zero-order chi connectivity index (χ0) is 13.5. The number of rotatable bonds is 5. The highest BCUT2D eigenvalue weighted by atomic mass is 35.5. The average Bonchev–Trinajstić information content (AvgIpc) is 2.72. The van der Waals surface area contributed by atoms with Crippen molar-refractivity contribution in [1.82, 2.24) is 4.98 Å². The van der Waals surface area contributed by atoms with Gasteiger partial charge in [-0.15, -0.1) is 0 Å². The lowest BCUT2D eigenvalue weighted by Gasteiger charge is -2.01. The van der Waals surface area contributed by atoms with Gasteiger partial charge in [-0.3, -0.25) is 0 Å². The van der Waals surface area contributed by atoms with Gasteiger partial charge in [0.1, 0.15) is 4.88 Å². The van der Waals surface area contributed by atoms with Gasteiger partial charge >= 0.3 is 5.97 Å². The number of carbonyl (C=O) groups excluding carboxylic acids is 1. The minimum absolute atomic E-state index is 0.255. The number of aromatic nitrogens is 1. The third-order valence-electron chi connectivity index (χ3n) is 1.81. The van der Waals surface area contributed by atoms with Crippen molar-refractivity contribution in [2.24, 2.45) is 10.7 Å². The van der Waals surface area contributed by atoms with Crippen molar-refractivity contribution in [3.63, 3.8) is 0 Å². The maximum Gasteiger partial charge on any atom is 0.350 e. The van der Waals surface area contributed by atoms with Crippen LogP contribution in [0.15, 0.2) is 23.8 Å². The number of allylic oxidation sites excluding steroid dienone is 2. The lowest BCUT2D eigenvalue weighted by atomic mass is 10.2. The Labute approximate surface area is 114 Å². The molecule has 0 fully saturated rings. The van der Waals surface area contributed by atoms with Crippen LogP contribution in [0.3, 0.4) is 0 Å². The second kappa shape index (κ2) is 6.93. The Morgan fingerprint density at radius 3 is 3.06 bits per heavy atom. The Morgan fingerprint density at radius 1 is 1.72 bits per heavy atom. The number of carbonyl (C=O) groups is 1. The second-order valence-corrected chi connectivity index (χ2v) is 4.59. The summed E-state index contributed by atoms with van der Waals surface area (Å²) in [6.07, 6.45) is 4.17. The van der Waals surface area contributed by atoms with Crippen molar-refractivity contribution in [3.05, 3.63) is 33.9 Å². The summed E-state index contributed by atoms with van der Waals surface area (Å²) in [5.74, 6) is -0.464. The number of ether oxygens (including phenoxy) is 1. The van der Waals surface area contributed by atoms with Crippen molar-refractivity contribution in [2.45, 2.75) is 6.92 Å². The van der Waals surface area contributed by atoms with Gasteiger partial charge in [0.05, 0.1) is 18.6 Å². The zero-order valence-corrected chi connectivity index (χ0v) is 11.3. The van der Waals surface area contributed by atoms with Crippen molar-refractivity contribution in [3.8, 4) is 0 Å². The number of nitrogens with two attached hydrogens (primary N) is 1. The first kappa shape index (κ1) is 14.4. The van der Waals surface area contributed by atoms with E-state index in [4.69, 9.17) is 22.1 Å². The number of esters is 1. The first-order valence-corrected chi connectivity index (χ1v) is 6.22. The molecular formula is C11H12ClN3O2S. The van der Waals surface area contributed by atoms with Crippen molar-refractivity contribution in [2.75, 3.05) is 6.61 Å². The fraction of sp³-hybridized carbons (Fsp3) is 0.182. The maximum absolute atomic E-state index is 11.7. The smallest absolute Gasteiger partial charge is 0.350 e. The molecule has 1 aromatic rings. The van der Waals surface area contributed by atoms with Crippen LogP contribution in [0.1, 0.15) is 22.3 Å². The summed E-state index contributed by atoms with van der Waals surface area (Å²) in [6.45, 7) is 5.80. The highest BCUT2D eigenvalue weighted by molar-refractivity contribution is 7.17. The Bertz CT molecular complexity index is 508. The molecule has 0 saturated carbocycles. The summed E-state index contributed by atoms with van der Waals surface area (Å²) in [4.78, 5) is 19.7. The molecule has 0 aliphatic carbocycles. The Morgan fingerprint density at radius 2 is 2.44 bits per heavy atom. The van der Waals surface area contributed by atoms with E-state index < -0.39 is 5.97 Å². The largest absolute Gasteiger partial charge is 0.462 e. The van der Waals surface area contributed by atoms with E-state index in [-0.39, 0.29) is 11.1 Å². The molecule has 1 aromatic heterocycles. The van der Waals surface area contributed by atoms with Crippen LogP contribution in [0.5, 0.6) is 0 Å². The third-order valence-corrected chi connectivity index (χ3v) is 2.95. The fourth-order valence-corrected chi connectivity index (χ4v) is 2.15. The van der Waals surface area contributed by atoms with Gasteiger partial charge in [-0.2, -0.15) is 0 Å². The molecule has 0 aliphatic rings. The van der Waals surface area contributed by atoms with Gasteiger partial charge in [0, 0.05) is 6.20 Å². The van der Waals surface area contributed by atoms with Crippen molar-refractivity contribution < 1.29 is 9.53 Å². The lowest BCUT2D eigenvalue weighted by Crippen LogP contribution is -2.04. The van der Waals surface area contributed by atoms with Gasteiger partial charge in [0.2, 0.25) is 0 Å². The van der Waals surface area contributed by atoms with Gasteiger partial charge in [0.15, 0.2) is 4.47 Å². The van der Waals surface area contributed by atoms with Gasteiger partial charge in [-0.25, -0.2) is 14.8 Å². The Balaban J connectivity index is 3.01. The highest BCUT2D eigenvalue weighted by Crippen LogP contribution is 2.28. The Kier molecular flexibility index (Phi) is 5.54. The number of aliphatic imine (C=N–C) groups is 1. The van der Waals surface area contributed by atoms with Gasteiger partial charge in [-0.1, -0.05) is 29.5 Å². The van der Waals surface area contributed by atoms with Crippen LogP contribution in [-0.2, 0) is 4.74 Å². The minimum Gasteiger partial charge on any atom is -0.462 e. The number of halogens is 1. The van der Waals surface area contributed by atoms with E-state index in [1.807, 2.05) is 0 Å². The maximum atomic E-state index is 11.7. The van der Waals surface area contributed by atoms with Crippen LogP contribution < -0.4 is 5.73 Å². The SMILES string of the molecule is C=C(/C=C\N=CN)c1nc(Cl)sc1C(=O)OCC. The van der Waals surface area contributed by atoms with E-state index in [1.165, 1.54) is 6.20 Å². The molecule has 0 aromatic carbocycles. The van der Waals surface area contributed by atoms with Gasteiger partial charge < -0.3 is 10.5 Å². The average molecular weight is 286 g/mol. The van der Waals surface area contributed by atoms with Crippen molar-refractivity contribution in [1.29, 1.82) is 0 Å². The van der Waals surface area contributed by atoms with E-state index in [0.717, 1.165) is 17.7 Å². The van der Waals surface area contributed by atoms with E-state index in [2.05, 4.69) is 16.6 Å². The normalized spacial score (nSPS) is 11.2. The first-order chi connectivity index (χ1) is 8.60. The van der Waals surface area contributed by atoms with E-state index in [0.29, 0.717) is 16.1 Å². The molecule has 0 bridgehead atoms. The summed E-state index contributed by atoms with van der Waals surface area (Å²) in [7, 11) is 0. The molecule has 18 heavy (non-hydrogen) atoms. The number of hydrogen-bond donors (Lipinski definition) is 1. The quantitative estimate of drug-likeness (QED) is 0.390. The van der Waals surface area contributed by atoms with Crippen LogP contribution >= 0.6 is 22.9 Å². The number of nitrogens with zero attached hydrogens (tertiary/aromatic N) is 2. The molecule has 1 rings (SSSR count). The highest BCUT2D eigenvalue weighted by Gasteiger charge is 2.19. The van der Waals surface area contributed by atoms with Crippen LogP contribution in [0, 0.1) is 0 Å². The molecule has 0 atom stereocenters. The first-order valence-electron chi connectivity index (χ1n) is 5.02. The van der Waals surface area contributed by atoms with E-state index >= 15 is 0 Å². The van der Waals surface area contributed by atoms with Crippen molar-refractivity contribution >= 4 is 40.8 Å². The third kappa shape index (κ3) is 3.68. The standard InChI is InChI=1S/C11H12ClN3O2S/c1-3-17-10(16)9-8(15-11(12)18-9)7(2)4-5-14-6-13/h4-6H,2-3H2,1H3,(H2,13,14)/b5-4-. The monoisotopic (exact) mass is 285 g/mol. The molecule has 0 saturated heterocycles. The van der Waals surface area contributed by atoms with Crippen LogP contribution in [0.2, 0.25) is 4.47 Å². The molecule has 1 heterocycles. The van der Waals surface area contributed by atoms with Crippen LogP contribution in [0.25, 0.3) is 5.57 Å². The molecule has 96 valence electrons. The summed E-state index contributed by atoms with van der Waals surface area (Å²) in [5, 5.41) is 0. The van der Waals surface area contributed by atoms with Crippen LogP contribution in [-0.4, -0.2) is 23.9 Å². The summed E-state index contributed by atoms with van der Waals surface area (Å²) >= 11 is 6.85. The number of hydrogen-bond acceptors (Lipinski definition) is 5. The summed E-state index contributed by atoms with van der Waals surface area (Å²) in [6, 6.07) is 0. The fourth-order valence-electron chi connectivity index (χ4n) is 1.11. The zero-order valence-electron chi connectivity index (χ0n) is 9.72. The predicted octanol–water partition coefficient (Wildman–Crippen LogP) is 2.49. The second-order valence-electron chi connectivity index (χ2n) is 3.00. The topological polar surface area (TPSA) is 77.6 Å². The molecule has 0 spiro atoms. The summed E-state index contributed by atoms with van der Waals surface area (Å²) < 4.78 is 5.17. The molecule has 0 aliphatic heterocycles. The van der Waals surface area contributed by atoms with Gasteiger partial charge in [-0.05, 0) is 18.6 Å². The molecular weight excluding hydrogens is 274 g/mol.